The molecule has 1 aromatic rings. The molecule has 0 bridgehead atoms. The predicted octanol–water partition coefficient (Wildman–Crippen LogP) is 4.80. The molecule has 0 aliphatic carbocycles. The van der Waals surface area contributed by atoms with Crippen molar-refractivity contribution in [2.24, 2.45) is 0 Å². The topological polar surface area (TPSA) is 6.48 Å². The van der Waals surface area contributed by atoms with E-state index < -0.39 is 0 Å². The maximum atomic E-state index is 3.54. The summed E-state index contributed by atoms with van der Waals surface area (Å²) in [5.74, 6) is 1.16. The molecule has 1 aromatic carbocycles. The molecule has 0 amide bonds. The summed E-state index contributed by atoms with van der Waals surface area (Å²) in [5.41, 5.74) is 4.51. The molecule has 0 unspecified atom stereocenters. The third kappa shape index (κ3) is 4.01. The lowest BCUT2D eigenvalue weighted by Gasteiger charge is -2.28. The van der Waals surface area contributed by atoms with E-state index in [0.29, 0.717) is 11.8 Å². The number of hydrogen-bond acceptors (Lipinski definition) is 2. The maximum Gasteiger partial charge on any atom is 0.0708 e. The van der Waals surface area contributed by atoms with Crippen LogP contribution in [0.1, 0.15) is 57.1 Å². The van der Waals surface area contributed by atoms with E-state index in [1.54, 1.807) is 0 Å². The molecule has 0 saturated carbocycles. The van der Waals surface area contributed by atoms with E-state index in [-0.39, 0.29) is 0 Å². The largest absolute Gasteiger partial charge is 0.357 e. The second-order valence-corrected chi connectivity index (χ2v) is 7.45. The molecule has 3 heteroatoms. The fraction of sp³-hybridized carbons (Fsp3) is 0.667. The van der Waals surface area contributed by atoms with Crippen molar-refractivity contribution in [2.75, 3.05) is 36.5 Å². The summed E-state index contributed by atoms with van der Waals surface area (Å²) in [6.45, 7) is 13.9. The van der Waals surface area contributed by atoms with Crippen molar-refractivity contribution in [1.82, 2.24) is 4.90 Å². The Kier molecular flexibility index (Phi) is 6.12. The summed E-state index contributed by atoms with van der Waals surface area (Å²) in [4.78, 5) is 5.17. The molecule has 0 N–H and O–H groups in total. The maximum absolute atomic E-state index is 3.54. The third-order valence-corrected chi connectivity index (χ3v) is 4.88. The summed E-state index contributed by atoms with van der Waals surface area (Å²) >= 11 is 3.54. The molecule has 2 nitrogen and oxygen atoms in total. The summed E-state index contributed by atoms with van der Waals surface area (Å²) in [6, 6.07) is 6.85. The molecule has 1 fully saturated rings. The minimum absolute atomic E-state index is 0.579. The molecule has 2 rings (SSSR count). The second-order valence-electron chi connectivity index (χ2n) is 6.66. The number of para-hydroxylation sites is 1. The first kappa shape index (κ1) is 16.8. The van der Waals surface area contributed by atoms with Gasteiger partial charge in [0.15, 0.2) is 0 Å². The zero-order chi connectivity index (χ0) is 15.4. The molecular weight excluding hydrogens is 324 g/mol. The van der Waals surface area contributed by atoms with Crippen LogP contribution in [-0.2, 0) is 0 Å². The minimum atomic E-state index is 0.579. The van der Waals surface area contributed by atoms with Gasteiger partial charge < -0.3 is 4.90 Å². The molecule has 1 aliphatic rings. The van der Waals surface area contributed by atoms with E-state index in [9.17, 15) is 0 Å². The monoisotopic (exact) mass is 352 g/mol. The van der Waals surface area contributed by atoms with Gasteiger partial charge >= 0.3 is 0 Å². The molecule has 1 aliphatic heterocycles. The molecule has 0 radical (unpaired) electrons. The van der Waals surface area contributed by atoms with Gasteiger partial charge in [0, 0.05) is 30.7 Å². The molecular formula is C18H29BrN2. The Morgan fingerprint density at radius 1 is 1.05 bits per heavy atom. The van der Waals surface area contributed by atoms with Crippen LogP contribution in [0, 0.1) is 0 Å². The summed E-state index contributed by atoms with van der Waals surface area (Å²) in [7, 11) is 0. The summed E-state index contributed by atoms with van der Waals surface area (Å²) in [6.07, 6.45) is 1.23. The minimum Gasteiger partial charge on any atom is -0.357 e. The van der Waals surface area contributed by atoms with Gasteiger partial charge in [-0.1, -0.05) is 61.8 Å². The van der Waals surface area contributed by atoms with Crippen molar-refractivity contribution < 1.29 is 0 Å². The van der Waals surface area contributed by atoms with E-state index in [2.05, 4.69) is 71.6 Å². The average molecular weight is 353 g/mol. The predicted molar refractivity (Wildman–Crippen MR) is 96.8 cm³/mol. The van der Waals surface area contributed by atoms with E-state index >= 15 is 0 Å². The summed E-state index contributed by atoms with van der Waals surface area (Å²) < 4.78 is 0. The van der Waals surface area contributed by atoms with Crippen LogP contribution in [0.4, 0.5) is 5.69 Å². The molecule has 0 spiro atoms. The van der Waals surface area contributed by atoms with E-state index in [1.807, 2.05) is 0 Å². The van der Waals surface area contributed by atoms with Crippen molar-refractivity contribution in [3.05, 3.63) is 29.3 Å². The van der Waals surface area contributed by atoms with E-state index in [0.717, 1.165) is 18.5 Å². The lowest BCUT2D eigenvalue weighted by molar-refractivity contribution is 0.343. The van der Waals surface area contributed by atoms with Gasteiger partial charge in [-0.3, -0.25) is 4.90 Å². The van der Waals surface area contributed by atoms with Crippen molar-refractivity contribution >= 4 is 21.6 Å². The standard InChI is InChI=1S/C18H29BrN2/c1-14(2)16-7-5-8-17(15(3)4)18(16)21-12-11-20(13-21)10-6-9-19/h5,7-8,14-15H,6,9-13H2,1-4H3. The van der Waals surface area contributed by atoms with Crippen molar-refractivity contribution in [3.63, 3.8) is 0 Å². The Labute approximate surface area is 138 Å². The van der Waals surface area contributed by atoms with Crippen molar-refractivity contribution in [3.8, 4) is 0 Å². The Hall–Kier alpha value is -0.540. The zero-order valence-electron chi connectivity index (χ0n) is 13.9. The Balaban J connectivity index is 2.26. The lowest BCUT2D eigenvalue weighted by atomic mass is 9.92. The first-order valence-electron chi connectivity index (χ1n) is 8.20. The highest BCUT2D eigenvalue weighted by molar-refractivity contribution is 9.09. The zero-order valence-corrected chi connectivity index (χ0v) is 15.5. The van der Waals surface area contributed by atoms with Crippen LogP contribution in [0.5, 0.6) is 0 Å². The summed E-state index contributed by atoms with van der Waals surface area (Å²) in [5, 5.41) is 1.10. The Bertz CT molecular complexity index is 430. The van der Waals surface area contributed by atoms with Crippen molar-refractivity contribution in [1.29, 1.82) is 0 Å². The SMILES string of the molecule is CC(C)c1cccc(C(C)C)c1N1CCN(CCCBr)C1. The lowest BCUT2D eigenvalue weighted by Crippen LogP contribution is -2.28. The highest BCUT2D eigenvalue weighted by Gasteiger charge is 2.25. The molecule has 0 aromatic heterocycles. The smallest absolute Gasteiger partial charge is 0.0708 e. The van der Waals surface area contributed by atoms with Crippen LogP contribution in [0.15, 0.2) is 18.2 Å². The van der Waals surface area contributed by atoms with Gasteiger partial charge in [-0.25, -0.2) is 0 Å². The molecule has 1 saturated heterocycles. The number of hydrogen-bond donors (Lipinski definition) is 0. The van der Waals surface area contributed by atoms with Gasteiger partial charge in [0.1, 0.15) is 0 Å². The van der Waals surface area contributed by atoms with Crippen molar-refractivity contribution in [2.45, 2.75) is 46.0 Å². The van der Waals surface area contributed by atoms with Gasteiger partial charge in [0.25, 0.3) is 0 Å². The number of halogens is 1. The first-order chi connectivity index (χ1) is 10.0. The first-order valence-corrected chi connectivity index (χ1v) is 9.32. The van der Waals surface area contributed by atoms with Crippen LogP contribution in [0.2, 0.25) is 0 Å². The number of alkyl halides is 1. The third-order valence-electron chi connectivity index (χ3n) is 4.32. The number of benzene rings is 1. The van der Waals surface area contributed by atoms with Crippen LogP contribution in [0.3, 0.4) is 0 Å². The van der Waals surface area contributed by atoms with Crippen LogP contribution in [0.25, 0.3) is 0 Å². The second kappa shape index (κ2) is 7.64. The van der Waals surface area contributed by atoms with Gasteiger partial charge in [-0.05, 0) is 29.4 Å². The van der Waals surface area contributed by atoms with E-state index in [1.165, 1.54) is 36.3 Å². The average Bonchev–Trinajstić information content (AvgIpc) is 2.92. The fourth-order valence-electron chi connectivity index (χ4n) is 3.17. The van der Waals surface area contributed by atoms with Gasteiger partial charge in [0.05, 0.1) is 6.67 Å². The highest BCUT2D eigenvalue weighted by Crippen LogP contribution is 2.36. The van der Waals surface area contributed by atoms with Crippen LogP contribution < -0.4 is 4.90 Å². The van der Waals surface area contributed by atoms with Gasteiger partial charge in [-0.2, -0.15) is 0 Å². The normalized spacial score (nSPS) is 16.4. The number of nitrogens with zero attached hydrogens (tertiary/aromatic N) is 2. The number of anilines is 1. The van der Waals surface area contributed by atoms with Gasteiger partial charge in [-0.15, -0.1) is 0 Å². The van der Waals surface area contributed by atoms with Crippen LogP contribution in [-0.4, -0.2) is 36.5 Å². The molecule has 1 heterocycles. The fourth-order valence-corrected chi connectivity index (χ4v) is 3.42. The molecule has 118 valence electrons. The van der Waals surface area contributed by atoms with E-state index in [4.69, 9.17) is 0 Å². The number of rotatable bonds is 6. The highest BCUT2D eigenvalue weighted by atomic mass is 79.9. The van der Waals surface area contributed by atoms with Crippen LogP contribution >= 0.6 is 15.9 Å². The molecule has 0 atom stereocenters. The molecule has 21 heavy (non-hydrogen) atoms. The Morgan fingerprint density at radius 3 is 2.19 bits per heavy atom. The van der Waals surface area contributed by atoms with Gasteiger partial charge in [0.2, 0.25) is 0 Å². The Morgan fingerprint density at radius 2 is 1.67 bits per heavy atom. The quantitative estimate of drug-likeness (QED) is 0.678.